The first-order chi connectivity index (χ1) is 14.5. The summed E-state index contributed by atoms with van der Waals surface area (Å²) in [5, 5.41) is 0. The van der Waals surface area contributed by atoms with Gasteiger partial charge in [-0.3, -0.25) is 4.99 Å². The summed E-state index contributed by atoms with van der Waals surface area (Å²) in [4.78, 5) is 8.41. The molecular formula is C22H17F2N3O3. The molecule has 8 heteroatoms. The van der Waals surface area contributed by atoms with Crippen molar-refractivity contribution in [1.82, 2.24) is 4.98 Å². The van der Waals surface area contributed by atoms with Crippen LogP contribution in [0.1, 0.15) is 11.1 Å². The summed E-state index contributed by atoms with van der Waals surface area (Å²) in [7, 11) is 1.45. The molecule has 30 heavy (non-hydrogen) atoms. The summed E-state index contributed by atoms with van der Waals surface area (Å²) in [5.41, 5.74) is 6.79. The van der Waals surface area contributed by atoms with Gasteiger partial charge >= 0.3 is 0 Å². The number of nitrogens with zero attached hydrogens (tertiary/aromatic N) is 2. The van der Waals surface area contributed by atoms with Crippen molar-refractivity contribution in [3.05, 3.63) is 71.6 Å². The van der Waals surface area contributed by atoms with E-state index in [-0.39, 0.29) is 24.8 Å². The quantitative estimate of drug-likeness (QED) is 0.652. The zero-order valence-electron chi connectivity index (χ0n) is 16.0. The Morgan fingerprint density at radius 3 is 2.77 bits per heavy atom. The van der Waals surface area contributed by atoms with Crippen LogP contribution in [0.5, 0.6) is 17.2 Å². The standard InChI is InChI=1S/C22H17F2N3O3/c1-28-13-8-16-20(17(23)9-13)30-18-5-4-12(14-3-2-6-26-21(14)24)7-15(18)22(16)11-29-10-19(25)27-22/h2-9H,10-11H2,1H3,(H2,25,27). The number of hydrogen-bond acceptors (Lipinski definition) is 6. The fourth-order valence-corrected chi connectivity index (χ4v) is 3.95. The zero-order valence-corrected chi connectivity index (χ0v) is 16.0. The molecule has 1 spiro atoms. The summed E-state index contributed by atoms with van der Waals surface area (Å²) in [6.07, 6.45) is 1.38. The fourth-order valence-electron chi connectivity index (χ4n) is 3.95. The second-order valence-electron chi connectivity index (χ2n) is 7.10. The topological polar surface area (TPSA) is 79.0 Å². The Balaban J connectivity index is 1.79. The number of hydrogen-bond donors (Lipinski definition) is 1. The fraction of sp³-hybridized carbons (Fsp3) is 0.182. The molecular weight excluding hydrogens is 392 g/mol. The van der Waals surface area contributed by atoms with Gasteiger partial charge in [-0.2, -0.15) is 4.39 Å². The van der Waals surface area contributed by atoms with Crippen LogP contribution >= 0.6 is 0 Å². The van der Waals surface area contributed by atoms with Crippen molar-refractivity contribution in [3.8, 4) is 28.4 Å². The van der Waals surface area contributed by atoms with Gasteiger partial charge in [0.2, 0.25) is 5.95 Å². The first-order valence-electron chi connectivity index (χ1n) is 9.25. The average molecular weight is 409 g/mol. The molecule has 3 heterocycles. The molecule has 1 atom stereocenters. The summed E-state index contributed by atoms with van der Waals surface area (Å²) in [6.45, 7) is 0.277. The maximum atomic E-state index is 14.9. The number of pyridine rings is 1. The number of fused-ring (bicyclic) bond motifs is 4. The van der Waals surface area contributed by atoms with E-state index in [1.54, 1.807) is 36.4 Å². The van der Waals surface area contributed by atoms with Gasteiger partial charge in [0.25, 0.3) is 0 Å². The molecule has 1 unspecified atom stereocenters. The number of aliphatic imine (C=N–C) groups is 1. The van der Waals surface area contributed by atoms with Crippen molar-refractivity contribution < 1.29 is 23.0 Å². The molecule has 152 valence electrons. The highest BCUT2D eigenvalue weighted by Gasteiger charge is 2.46. The summed E-state index contributed by atoms with van der Waals surface area (Å²) in [6, 6.07) is 11.3. The third kappa shape index (κ3) is 2.72. The van der Waals surface area contributed by atoms with Gasteiger partial charge in [0.15, 0.2) is 11.6 Å². The lowest BCUT2D eigenvalue weighted by Crippen LogP contribution is -2.42. The predicted molar refractivity (Wildman–Crippen MR) is 106 cm³/mol. The lowest BCUT2D eigenvalue weighted by atomic mass is 9.79. The molecule has 0 saturated carbocycles. The van der Waals surface area contributed by atoms with Crippen molar-refractivity contribution in [2.45, 2.75) is 5.54 Å². The Bertz CT molecular complexity index is 1200. The van der Waals surface area contributed by atoms with Gasteiger partial charge in [-0.1, -0.05) is 6.07 Å². The first-order valence-corrected chi connectivity index (χ1v) is 9.25. The van der Waals surface area contributed by atoms with Crippen LogP contribution in [-0.4, -0.2) is 31.1 Å². The maximum absolute atomic E-state index is 14.9. The Morgan fingerprint density at radius 1 is 1.13 bits per heavy atom. The molecule has 0 aliphatic carbocycles. The smallest absolute Gasteiger partial charge is 0.220 e. The highest BCUT2D eigenvalue weighted by atomic mass is 19.1. The third-order valence-electron chi connectivity index (χ3n) is 5.30. The Labute approximate surface area is 170 Å². The van der Waals surface area contributed by atoms with Crippen LogP contribution in [-0.2, 0) is 10.3 Å². The number of rotatable bonds is 2. The van der Waals surface area contributed by atoms with E-state index in [0.717, 1.165) is 0 Å². The van der Waals surface area contributed by atoms with Crippen molar-refractivity contribution in [3.63, 3.8) is 0 Å². The molecule has 2 aliphatic heterocycles. The molecule has 6 nitrogen and oxygen atoms in total. The second kappa shape index (κ2) is 6.77. The van der Waals surface area contributed by atoms with Crippen LogP contribution in [0.4, 0.5) is 8.78 Å². The van der Waals surface area contributed by atoms with Crippen LogP contribution in [0.3, 0.4) is 0 Å². The minimum absolute atomic E-state index is 0.0330. The number of nitrogens with two attached hydrogens (primary N) is 1. The van der Waals surface area contributed by atoms with E-state index in [0.29, 0.717) is 33.8 Å². The Morgan fingerprint density at radius 2 is 2.00 bits per heavy atom. The highest BCUT2D eigenvalue weighted by Crippen LogP contribution is 2.52. The molecule has 0 amide bonds. The maximum Gasteiger partial charge on any atom is 0.220 e. The largest absolute Gasteiger partial charge is 0.497 e. The van der Waals surface area contributed by atoms with Gasteiger partial charge in [-0.15, -0.1) is 0 Å². The van der Waals surface area contributed by atoms with Crippen molar-refractivity contribution >= 4 is 5.84 Å². The minimum Gasteiger partial charge on any atom is -0.497 e. The number of aromatic nitrogens is 1. The number of ether oxygens (including phenoxy) is 3. The van der Waals surface area contributed by atoms with Gasteiger partial charge in [0, 0.05) is 29.0 Å². The van der Waals surface area contributed by atoms with E-state index < -0.39 is 17.3 Å². The van der Waals surface area contributed by atoms with E-state index in [1.165, 1.54) is 19.4 Å². The van der Waals surface area contributed by atoms with Gasteiger partial charge in [0.1, 0.15) is 29.5 Å². The Hall–Kier alpha value is -3.52. The summed E-state index contributed by atoms with van der Waals surface area (Å²) >= 11 is 0. The number of halogens is 2. The van der Waals surface area contributed by atoms with Crippen molar-refractivity contribution in [2.75, 3.05) is 20.3 Å². The summed E-state index contributed by atoms with van der Waals surface area (Å²) < 4.78 is 46.0. The normalized spacial score (nSPS) is 19.5. The molecule has 5 rings (SSSR count). The van der Waals surface area contributed by atoms with E-state index in [1.807, 2.05) is 0 Å². The molecule has 3 aromatic rings. The van der Waals surface area contributed by atoms with E-state index >= 15 is 0 Å². The third-order valence-corrected chi connectivity index (χ3v) is 5.30. The Kier molecular flexibility index (Phi) is 4.18. The molecule has 0 fully saturated rings. The van der Waals surface area contributed by atoms with Gasteiger partial charge < -0.3 is 19.9 Å². The predicted octanol–water partition coefficient (Wildman–Crippen LogP) is 3.77. The highest BCUT2D eigenvalue weighted by molar-refractivity contribution is 5.84. The van der Waals surface area contributed by atoms with Crippen molar-refractivity contribution in [2.24, 2.45) is 10.7 Å². The van der Waals surface area contributed by atoms with Crippen LogP contribution in [0.2, 0.25) is 0 Å². The van der Waals surface area contributed by atoms with Crippen LogP contribution < -0.4 is 15.2 Å². The zero-order chi connectivity index (χ0) is 20.9. The molecule has 2 aromatic carbocycles. The molecule has 1 aromatic heterocycles. The molecule has 0 bridgehead atoms. The monoisotopic (exact) mass is 409 g/mol. The molecule has 2 N–H and O–H groups in total. The SMILES string of the molecule is COc1cc(F)c2c(c1)C1(COCC(N)=N1)c1cc(-c3cccnc3F)ccc1O2. The first kappa shape index (κ1) is 18.5. The summed E-state index contributed by atoms with van der Waals surface area (Å²) in [5.74, 6) is -0.185. The van der Waals surface area contributed by atoms with Crippen LogP contribution in [0.25, 0.3) is 11.1 Å². The van der Waals surface area contributed by atoms with Gasteiger partial charge in [-0.05, 0) is 35.9 Å². The van der Waals surface area contributed by atoms with E-state index in [2.05, 4.69) is 9.98 Å². The minimum atomic E-state index is -1.16. The second-order valence-corrected chi connectivity index (χ2v) is 7.10. The molecule has 0 radical (unpaired) electrons. The lowest BCUT2D eigenvalue weighted by molar-refractivity contribution is 0.109. The molecule has 2 aliphatic rings. The number of amidine groups is 1. The van der Waals surface area contributed by atoms with E-state index in [9.17, 15) is 8.78 Å². The average Bonchev–Trinajstić information content (AvgIpc) is 2.75. The lowest BCUT2D eigenvalue weighted by Gasteiger charge is -2.39. The van der Waals surface area contributed by atoms with E-state index in [4.69, 9.17) is 19.9 Å². The van der Waals surface area contributed by atoms with Gasteiger partial charge in [0.05, 0.1) is 13.7 Å². The van der Waals surface area contributed by atoms with Crippen molar-refractivity contribution in [1.29, 1.82) is 0 Å². The van der Waals surface area contributed by atoms with Crippen LogP contribution in [0, 0.1) is 11.8 Å². The van der Waals surface area contributed by atoms with Crippen LogP contribution in [0.15, 0.2) is 53.7 Å². The van der Waals surface area contributed by atoms with Gasteiger partial charge in [-0.25, -0.2) is 9.37 Å². The number of benzene rings is 2. The molecule has 0 saturated heterocycles. The number of methoxy groups -OCH3 is 1.